The molecule has 2 aliphatic rings. The fraction of sp³-hybridized carbons (Fsp3) is 0.455. The number of carbonyl (C=O) groups excluding carboxylic acids is 1. The molecule has 0 bridgehead atoms. The van der Waals surface area contributed by atoms with Crippen LogP contribution in [-0.2, 0) is 17.9 Å². The lowest BCUT2D eigenvalue weighted by molar-refractivity contribution is -0.132. The van der Waals surface area contributed by atoms with Gasteiger partial charge >= 0.3 is 0 Å². The lowest BCUT2D eigenvalue weighted by Gasteiger charge is -2.37. The summed E-state index contributed by atoms with van der Waals surface area (Å²) in [4.78, 5) is 21.5. The van der Waals surface area contributed by atoms with Gasteiger partial charge < -0.3 is 4.90 Å². The Morgan fingerprint density at radius 2 is 1.73 bits per heavy atom. The zero-order valence-corrected chi connectivity index (χ0v) is 15.3. The molecule has 2 saturated heterocycles. The SMILES string of the molecule is O=C1C[C@H]2CCN(Cc3ccccc3)C[C@@H]2CCN1Cc1cccnc1. The van der Waals surface area contributed by atoms with Crippen molar-refractivity contribution in [2.75, 3.05) is 19.6 Å². The van der Waals surface area contributed by atoms with Gasteiger partial charge in [0.25, 0.3) is 0 Å². The van der Waals surface area contributed by atoms with Gasteiger partial charge in [0.1, 0.15) is 0 Å². The van der Waals surface area contributed by atoms with Crippen LogP contribution < -0.4 is 0 Å². The van der Waals surface area contributed by atoms with Crippen LogP contribution in [0.25, 0.3) is 0 Å². The molecular weight excluding hydrogens is 322 g/mol. The van der Waals surface area contributed by atoms with Crippen molar-refractivity contribution in [3.63, 3.8) is 0 Å². The van der Waals surface area contributed by atoms with Crippen LogP contribution in [0.3, 0.4) is 0 Å². The van der Waals surface area contributed by atoms with E-state index in [0.29, 0.717) is 30.7 Å². The Labute approximate surface area is 155 Å². The number of likely N-dealkylation sites (tertiary alicyclic amines) is 2. The molecule has 2 atom stereocenters. The highest BCUT2D eigenvalue weighted by molar-refractivity contribution is 5.76. The Bertz CT molecular complexity index is 719. The lowest BCUT2D eigenvalue weighted by atomic mass is 9.82. The van der Waals surface area contributed by atoms with Gasteiger partial charge in [-0.3, -0.25) is 14.7 Å². The molecule has 26 heavy (non-hydrogen) atoms. The maximum Gasteiger partial charge on any atom is 0.223 e. The molecule has 1 aromatic heterocycles. The molecule has 1 aromatic carbocycles. The number of piperidine rings is 1. The Hall–Kier alpha value is -2.20. The van der Waals surface area contributed by atoms with E-state index in [2.05, 4.69) is 46.3 Å². The molecule has 2 aromatic rings. The third-order valence-electron chi connectivity index (χ3n) is 5.88. The maximum atomic E-state index is 12.7. The van der Waals surface area contributed by atoms with Crippen LogP contribution >= 0.6 is 0 Å². The van der Waals surface area contributed by atoms with Crippen molar-refractivity contribution in [3.8, 4) is 0 Å². The Balaban J connectivity index is 1.37. The van der Waals surface area contributed by atoms with Crippen LogP contribution in [0.15, 0.2) is 54.9 Å². The molecule has 1 amide bonds. The number of fused-ring (bicyclic) bond motifs is 1. The number of nitrogens with zero attached hydrogens (tertiary/aromatic N) is 3. The summed E-state index contributed by atoms with van der Waals surface area (Å²) >= 11 is 0. The Morgan fingerprint density at radius 3 is 2.54 bits per heavy atom. The molecule has 0 aliphatic carbocycles. The van der Waals surface area contributed by atoms with E-state index in [0.717, 1.165) is 44.6 Å². The topological polar surface area (TPSA) is 36.4 Å². The summed E-state index contributed by atoms with van der Waals surface area (Å²) < 4.78 is 0. The summed E-state index contributed by atoms with van der Waals surface area (Å²) in [6.45, 7) is 4.81. The first kappa shape index (κ1) is 17.2. The monoisotopic (exact) mass is 349 g/mol. The highest BCUT2D eigenvalue weighted by Gasteiger charge is 2.34. The molecule has 0 unspecified atom stereocenters. The van der Waals surface area contributed by atoms with Crippen molar-refractivity contribution in [1.82, 2.24) is 14.8 Å². The second-order valence-electron chi connectivity index (χ2n) is 7.70. The molecule has 4 rings (SSSR count). The molecule has 2 aliphatic heterocycles. The van der Waals surface area contributed by atoms with E-state index in [1.807, 2.05) is 17.2 Å². The van der Waals surface area contributed by atoms with Gasteiger partial charge in [-0.15, -0.1) is 0 Å². The van der Waals surface area contributed by atoms with Gasteiger partial charge in [0.2, 0.25) is 5.91 Å². The summed E-state index contributed by atoms with van der Waals surface area (Å²) in [5.41, 5.74) is 2.50. The fourth-order valence-corrected chi connectivity index (χ4v) is 4.42. The number of benzene rings is 1. The van der Waals surface area contributed by atoms with Gasteiger partial charge in [0.15, 0.2) is 0 Å². The van der Waals surface area contributed by atoms with Crippen molar-refractivity contribution in [3.05, 3.63) is 66.0 Å². The smallest absolute Gasteiger partial charge is 0.223 e. The van der Waals surface area contributed by atoms with Gasteiger partial charge in [-0.25, -0.2) is 0 Å². The second-order valence-corrected chi connectivity index (χ2v) is 7.70. The Morgan fingerprint density at radius 1 is 0.923 bits per heavy atom. The number of hydrogen-bond acceptors (Lipinski definition) is 3. The molecule has 3 heterocycles. The van der Waals surface area contributed by atoms with Gasteiger partial charge in [-0.2, -0.15) is 0 Å². The second kappa shape index (κ2) is 8.00. The minimum absolute atomic E-state index is 0.317. The summed E-state index contributed by atoms with van der Waals surface area (Å²) in [5.74, 6) is 1.50. The van der Waals surface area contributed by atoms with Crippen molar-refractivity contribution in [2.24, 2.45) is 11.8 Å². The fourth-order valence-electron chi connectivity index (χ4n) is 4.42. The first-order valence-electron chi connectivity index (χ1n) is 9.71. The van der Waals surface area contributed by atoms with Crippen LogP contribution in [0.1, 0.15) is 30.4 Å². The normalized spacial score (nSPS) is 24.2. The van der Waals surface area contributed by atoms with E-state index in [9.17, 15) is 4.79 Å². The van der Waals surface area contributed by atoms with E-state index in [1.54, 1.807) is 6.20 Å². The third kappa shape index (κ3) is 4.13. The first-order valence-corrected chi connectivity index (χ1v) is 9.71. The first-order chi connectivity index (χ1) is 12.8. The van der Waals surface area contributed by atoms with Crippen LogP contribution in [0.2, 0.25) is 0 Å². The Kier molecular flexibility index (Phi) is 5.30. The van der Waals surface area contributed by atoms with E-state index in [1.165, 1.54) is 5.56 Å². The zero-order valence-electron chi connectivity index (χ0n) is 15.3. The predicted molar refractivity (Wildman–Crippen MR) is 102 cm³/mol. The van der Waals surface area contributed by atoms with Gasteiger partial charge in [0, 0.05) is 45.0 Å². The minimum Gasteiger partial charge on any atom is -0.338 e. The molecule has 136 valence electrons. The highest BCUT2D eigenvalue weighted by atomic mass is 16.2. The average molecular weight is 349 g/mol. The minimum atomic E-state index is 0.317. The zero-order chi connectivity index (χ0) is 17.8. The number of hydrogen-bond donors (Lipinski definition) is 0. The van der Waals surface area contributed by atoms with Crippen molar-refractivity contribution < 1.29 is 4.79 Å². The molecule has 0 spiro atoms. The maximum absolute atomic E-state index is 12.7. The number of carbonyl (C=O) groups is 1. The molecule has 2 fully saturated rings. The molecule has 4 nitrogen and oxygen atoms in total. The van der Waals surface area contributed by atoms with E-state index in [-0.39, 0.29) is 0 Å². The molecule has 0 N–H and O–H groups in total. The molecule has 0 saturated carbocycles. The van der Waals surface area contributed by atoms with Gasteiger partial charge in [0.05, 0.1) is 0 Å². The lowest BCUT2D eigenvalue weighted by Crippen LogP contribution is -2.40. The standard InChI is InChI=1S/C22H27N3O/c26-22-13-20-8-11-24(15-18-5-2-1-3-6-18)17-21(20)9-12-25(22)16-19-7-4-10-23-14-19/h1-7,10,14,20-21H,8-9,11-13,15-17H2/t20-,21+/m1/s1. The number of aromatic nitrogens is 1. The van der Waals surface area contributed by atoms with Gasteiger partial charge in [-0.1, -0.05) is 36.4 Å². The summed E-state index contributed by atoms with van der Waals surface area (Å²) in [5, 5.41) is 0. The van der Waals surface area contributed by atoms with Gasteiger partial charge in [-0.05, 0) is 48.4 Å². The van der Waals surface area contributed by atoms with Crippen LogP contribution in [0.4, 0.5) is 0 Å². The average Bonchev–Trinajstić information content (AvgIpc) is 2.82. The van der Waals surface area contributed by atoms with E-state index in [4.69, 9.17) is 0 Å². The number of amides is 1. The van der Waals surface area contributed by atoms with Crippen LogP contribution in [-0.4, -0.2) is 40.3 Å². The molecule has 4 heteroatoms. The number of pyridine rings is 1. The van der Waals surface area contributed by atoms with Crippen LogP contribution in [0.5, 0.6) is 0 Å². The van der Waals surface area contributed by atoms with Crippen molar-refractivity contribution >= 4 is 5.91 Å². The summed E-state index contributed by atoms with van der Waals surface area (Å²) in [6, 6.07) is 14.7. The third-order valence-corrected chi connectivity index (χ3v) is 5.88. The largest absolute Gasteiger partial charge is 0.338 e. The number of rotatable bonds is 4. The predicted octanol–water partition coefficient (Wildman–Crippen LogP) is 3.34. The van der Waals surface area contributed by atoms with Crippen molar-refractivity contribution in [2.45, 2.75) is 32.4 Å². The summed E-state index contributed by atoms with van der Waals surface area (Å²) in [7, 11) is 0. The highest BCUT2D eigenvalue weighted by Crippen LogP contribution is 2.33. The molecule has 0 radical (unpaired) electrons. The van der Waals surface area contributed by atoms with Crippen LogP contribution in [0, 0.1) is 11.8 Å². The van der Waals surface area contributed by atoms with E-state index >= 15 is 0 Å². The molecular formula is C22H27N3O. The quantitative estimate of drug-likeness (QED) is 0.849. The van der Waals surface area contributed by atoms with Crippen molar-refractivity contribution in [1.29, 1.82) is 0 Å². The van der Waals surface area contributed by atoms with E-state index < -0.39 is 0 Å². The summed E-state index contributed by atoms with van der Waals surface area (Å²) in [6.07, 6.45) is 6.62.